The Morgan fingerprint density at radius 2 is 1.88 bits per heavy atom. The number of nitrogens with two attached hydrogens (primary N) is 1. The second kappa shape index (κ2) is 9.08. The summed E-state index contributed by atoms with van der Waals surface area (Å²) in [5, 5.41) is 2.78. The van der Waals surface area contributed by atoms with E-state index in [0.717, 1.165) is 37.0 Å². The number of aromatic nitrogens is 2. The molecule has 0 aliphatic heterocycles. The number of hydrogen-bond acceptors (Lipinski definition) is 4. The van der Waals surface area contributed by atoms with Gasteiger partial charge in [0, 0.05) is 17.8 Å². The molecule has 1 fully saturated rings. The molecular weight excluding hydrogens is 417 g/mol. The normalized spacial score (nSPS) is 20.7. The summed E-state index contributed by atoms with van der Waals surface area (Å²) in [5.41, 5.74) is 6.72. The fourth-order valence-corrected chi connectivity index (χ4v) is 4.41. The molecule has 1 aliphatic carbocycles. The predicted molar refractivity (Wildman–Crippen MR) is 115 cm³/mol. The van der Waals surface area contributed by atoms with Crippen molar-refractivity contribution in [2.75, 3.05) is 5.32 Å². The topological polar surface area (TPSA) is 80.9 Å². The SMILES string of the molecule is C[C@@H]1C[C@@H](N)C[C@H](c2ccncc2NC(=O)c2ccc(F)c(-c3cccc(F)c3F)n2)C1. The average molecular weight is 440 g/mol. The van der Waals surface area contributed by atoms with Crippen LogP contribution in [0, 0.1) is 23.4 Å². The zero-order valence-corrected chi connectivity index (χ0v) is 17.5. The number of benzene rings is 1. The molecule has 1 aliphatic rings. The molecule has 3 aromatic rings. The van der Waals surface area contributed by atoms with E-state index >= 15 is 0 Å². The lowest BCUT2D eigenvalue weighted by Gasteiger charge is -2.32. The van der Waals surface area contributed by atoms with Gasteiger partial charge >= 0.3 is 0 Å². The number of carbonyl (C=O) groups excluding carboxylic acids is 1. The first-order chi connectivity index (χ1) is 15.3. The monoisotopic (exact) mass is 440 g/mol. The maximum absolute atomic E-state index is 14.3. The van der Waals surface area contributed by atoms with Gasteiger partial charge in [0.25, 0.3) is 5.91 Å². The van der Waals surface area contributed by atoms with E-state index in [4.69, 9.17) is 5.73 Å². The maximum Gasteiger partial charge on any atom is 0.274 e. The van der Waals surface area contributed by atoms with Gasteiger partial charge in [-0.3, -0.25) is 9.78 Å². The maximum atomic E-state index is 14.3. The summed E-state index contributed by atoms with van der Waals surface area (Å²) in [6.07, 6.45) is 5.92. The second-order valence-electron chi connectivity index (χ2n) is 8.31. The van der Waals surface area contributed by atoms with Crippen LogP contribution in [0.5, 0.6) is 0 Å². The van der Waals surface area contributed by atoms with Gasteiger partial charge in [0.15, 0.2) is 11.6 Å². The zero-order chi connectivity index (χ0) is 22.8. The van der Waals surface area contributed by atoms with Crippen molar-refractivity contribution >= 4 is 11.6 Å². The Kier molecular flexibility index (Phi) is 6.23. The molecule has 0 spiro atoms. The van der Waals surface area contributed by atoms with Crippen molar-refractivity contribution in [3.63, 3.8) is 0 Å². The van der Waals surface area contributed by atoms with E-state index in [1.807, 2.05) is 6.07 Å². The van der Waals surface area contributed by atoms with Crippen LogP contribution >= 0.6 is 0 Å². The second-order valence-corrected chi connectivity index (χ2v) is 8.31. The molecule has 3 atom stereocenters. The Hall–Kier alpha value is -3.26. The lowest BCUT2D eigenvalue weighted by Crippen LogP contribution is -2.31. The van der Waals surface area contributed by atoms with Gasteiger partial charge in [-0.15, -0.1) is 0 Å². The largest absolute Gasteiger partial charge is 0.328 e. The summed E-state index contributed by atoms with van der Waals surface area (Å²) in [6.45, 7) is 2.15. The summed E-state index contributed by atoms with van der Waals surface area (Å²) < 4.78 is 42.1. The minimum absolute atomic E-state index is 0.0861. The molecule has 1 aromatic carbocycles. The number of halogens is 3. The van der Waals surface area contributed by atoms with E-state index in [0.29, 0.717) is 11.6 Å². The van der Waals surface area contributed by atoms with Gasteiger partial charge in [0.05, 0.1) is 11.9 Å². The highest BCUT2D eigenvalue weighted by atomic mass is 19.2. The number of carbonyl (C=O) groups is 1. The van der Waals surface area contributed by atoms with Gasteiger partial charge in [-0.05, 0) is 67.0 Å². The van der Waals surface area contributed by atoms with Gasteiger partial charge in [0.2, 0.25) is 0 Å². The summed E-state index contributed by atoms with van der Waals surface area (Å²) in [5.74, 6) is -3.19. The van der Waals surface area contributed by atoms with Crippen molar-refractivity contribution in [3.8, 4) is 11.3 Å². The van der Waals surface area contributed by atoms with Crippen molar-refractivity contribution < 1.29 is 18.0 Å². The molecular formula is C24H23F3N4O. The Balaban J connectivity index is 1.63. The van der Waals surface area contributed by atoms with Crippen LogP contribution in [0.15, 0.2) is 48.8 Å². The van der Waals surface area contributed by atoms with Crippen LogP contribution in [-0.4, -0.2) is 21.9 Å². The van der Waals surface area contributed by atoms with Gasteiger partial charge in [-0.2, -0.15) is 0 Å². The first-order valence-corrected chi connectivity index (χ1v) is 10.4. The molecule has 0 radical (unpaired) electrons. The van der Waals surface area contributed by atoms with Crippen molar-refractivity contribution in [2.24, 2.45) is 11.7 Å². The van der Waals surface area contributed by atoms with E-state index in [1.165, 1.54) is 18.2 Å². The third-order valence-electron chi connectivity index (χ3n) is 5.81. The van der Waals surface area contributed by atoms with Crippen molar-refractivity contribution in [3.05, 3.63) is 77.5 Å². The molecule has 1 amide bonds. The van der Waals surface area contributed by atoms with Crippen LogP contribution < -0.4 is 11.1 Å². The van der Waals surface area contributed by atoms with E-state index < -0.39 is 29.1 Å². The Morgan fingerprint density at radius 1 is 1.06 bits per heavy atom. The van der Waals surface area contributed by atoms with Crippen LogP contribution in [-0.2, 0) is 0 Å². The van der Waals surface area contributed by atoms with Crippen LogP contribution in [0.3, 0.4) is 0 Å². The standard InChI is InChI=1S/C24H23F3N4O/c1-13-9-14(11-15(28)10-13)16-7-8-29-12-21(16)31-24(32)20-6-5-19(26)23(30-20)17-3-2-4-18(25)22(17)27/h2-8,12-15H,9-11,28H2,1H3,(H,31,32)/t13-,14+,15+/m0/s1. The number of pyridine rings is 2. The Morgan fingerprint density at radius 3 is 2.66 bits per heavy atom. The molecule has 166 valence electrons. The molecule has 0 saturated heterocycles. The molecule has 2 aromatic heterocycles. The minimum atomic E-state index is -1.23. The van der Waals surface area contributed by atoms with Gasteiger partial charge in [-0.1, -0.05) is 13.0 Å². The minimum Gasteiger partial charge on any atom is -0.328 e. The van der Waals surface area contributed by atoms with Crippen LogP contribution in [0.25, 0.3) is 11.3 Å². The Bertz CT molecular complexity index is 1140. The van der Waals surface area contributed by atoms with Crippen LogP contribution in [0.4, 0.5) is 18.9 Å². The molecule has 0 bridgehead atoms. The van der Waals surface area contributed by atoms with Crippen molar-refractivity contribution in [1.29, 1.82) is 0 Å². The summed E-state index contributed by atoms with van der Waals surface area (Å²) in [7, 11) is 0. The van der Waals surface area contributed by atoms with E-state index in [-0.39, 0.29) is 23.2 Å². The van der Waals surface area contributed by atoms with Crippen molar-refractivity contribution in [1.82, 2.24) is 9.97 Å². The molecule has 0 unspecified atom stereocenters. The highest BCUT2D eigenvalue weighted by Crippen LogP contribution is 2.38. The fourth-order valence-electron chi connectivity index (χ4n) is 4.41. The van der Waals surface area contributed by atoms with E-state index in [1.54, 1.807) is 12.4 Å². The van der Waals surface area contributed by atoms with E-state index in [2.05, 4.69) is 22.2 Å². The van der Waals surface area contributed by atoms with Crippen LogP contribution in [0.2, 0.25) is 0 Å². The van der Waals surface area contributed by atoms with E-state index in [9.17, 15) is 18.0 Å². The number of nitrogens with one attached hydrogen (secondary N) is 1. The van der Waals surface area contributed by atoms with Gasteiger partial charge in [-0.25, -0.2) is 18.2 Å². The third kappa shape index (κ3) is 4.50. The quantitative estimate of drug-likeness (QED) is 0.595. The molecule has 4 rings (SSSR count). The summed E-state index contributed by atoms with van der Waals surface area (Å²) in [4.78, 5) is 21.0. The molecule has 2 heterocycles. The average Bonchev–Trinajstić information content (AvgIpc) is 2.76. The number of hydrogen-bond donors (Lipinski definition) is 2. The first kappa shape index (κ1) is 22.0. The molecule has 3 N–H and O–H groups in total. The molecule has 8 heteroatoms. The van der Waals surface area contributed by atoms with Crippen LogP contribution in [0.1, 0.15) is 48.2 Å². The molecule has 5 nitrogen and oxygen atoms in total. The smallest absolute Gasteiger partial charge is 0.274 e. The predicted octanol–water partition coefficient (Wildman–Crippen LogP) is 5.04. The highest BCUT2D eigenvalue weighted by Gasteiger charge is 2.27. The first-order valence-electron chi connectivity index (χ1n) is 10.4. The number of rotatable bonds is 4. The number of amides is 1. The number of anilines is 1. The zero-order valence-electron chi connectivity index (χ0n) is 17.5. The van der Waals surface area contributed by atoms with Crippen molar-refractivity contribution in [2.45, 2.75) is 38.1 Å². The molecule has 32 heavy (non-hydrogen) atoms. The lowest BCUT2D eigenvalue weighted by molar-refractivity contribution is 0.102. The third-order valence-corrected chi connectivity index (χ3v) is 5.81. The fraction of sp³-hybridized carbons (Fsp3) is 0.292. The summed E-state index contributed by atoms with van der Waals surface area (Å²) >= 11 is 0. The lowest BCUT2D eigenvalue weighted by atomic mass is 9.76. The Labute approximate surface area is 183 Å². The molecule has 1 saturated carbocycles. The number of nitrogens with zero attached hydrogens (tertiary/aromatic N) is 2. The van der Waals surface area contributed by atoms with Gasteiger partial charge < -0.3 is 11.1 Å². The highest BCUT2D eigenvalue weighted by molar-refractivity contribution is 6.03. The van der Waals surface area contributed by atoms with Gasteiger partial charge in [0.1, 0.15) is 17.2 Å². The summed E-state index contributed by atoms with van der Waals surface area (Å²) in [6, 6.07) is 7.53.